The lowest BCUT2D eigenvalue weighted by molar-refractivity contribution is -0.163. The molecule has 1 aromatic rings. The van der Waals surface area contributed by atoms with Gasteiger partial charge in [0.1, 0.15) is 24.6 Å². The Labute approximate surface area is 204 Å². The molecule has 1 aliphatic heterocycles. The molecule has 1 saturated heterocycles. The molecule has 1 heterocycles. The highest BCUT2D eigenvalue weighted by Gasteiger charge is 2.55. The second-order valence-electron chi connectivity index (χ2n) is 6.93. The molecule has 1 N–H and O–H groups in total. The number of amides is 2. The van der Waals surface area contributed by atoms with E-state index in [2.05, 4.69) is 11.9 Å². The Morgan fingerprint density at radius 3 is 2.34 bits per heavy atom. The van der Waals surface area contributed by atoms with Gasteiger partial charge in [-0.2, -0.15) is 0 Å². The van der Waals surface area contributed by atoms with Crippen LogP contribution in [0.4, 0.5) is 4.79 Å². The summed E-state index contributed by atoms with van der Waals surface area (Å²) in [5, 5.41) is 0.646. The molecule has 0 aliphatic carbocycles. The van der Waals surface area contributed by atoms with Gasteiger partial charge in [0.25, 0.3) is 0 Å². The van der Waals surface area contributed by atoms with Gasteiger partial charge in [-0.05, 0) is 29.8 Å². The van der Waals surface area contributed by atoms with Crippen LogP contribution in [0.5, 0.6) is 0 Å². The fraction of sp³-hybridized carbons (Fsp3) is 0.400. The molecular weight excluding hydrogens is 503 g/mol. The van der Waals surface area contributed by atoms with E-state index >= 15 is 0 Å². The summed E-state index contributed by atoms with van der Waals surface area (Å²) >= 11 is 17.3. The summed E-state index contributed by atoms with van der Waals surface area (Å²) in [6.07, 6.45) is 0. The molecule has 0 aromatic heterocycles. The number of β-lactam (4-membered cyclic amide) rings is 1. The Kier molecular flexibility index (Phi) is 9.27. The van der Waals surface area contributed by atoms with Crippen molar-refractivity contribution in [3.8, 4) is 0 Å². The Morgan fingerprint density at radius 1 is 1.19 bits per heavy atom. The summed E-state index contributed by atoms with van der Waals surface area (Å²) in [6, 6.07) is 6.76. The number of carbonyl (C=O) groups is 4. The minimum Gasteiger partial charge on any atom is -0.459 e. The number of esters is 1. The number of likely N-dealkylation sites (tertiary alicyclic amines) is 1. The average molecular weight is 524 g/mol. The van der Waals surface area contributed by atoms with Crippen LogP contribution in [-0.2, 0) is 30.5 Å². The van der Waals surface area contributed by atoms with E-state index in [1.165, 1.54) is 6.92 Å². The van der Waals surface area contributed by atoms with E-state index in [0.717, 1.165) is 10.5 Å². The van der Waals surface area contributed by atoms with Gasteiger partial charge in [0.2, 0.25) is 15.6 Å². The SMILES string of the molecule is C=C(C)C(C(=O)OCc1ccccc1)N1C(=O)C(NC(C)=O)C1SC(=O)OCC(Cl)(Cl)Cl. The van der Waals surface area contributed by atoms with Gasteiger partial charge in [0.05, 0.1) is 0 Å². The zero-order valence-corrected chi connectivity index (χ0v) is 20.3. The standard InChI is InChI=1S/C20H21Cl3N2O6S/c1-11(2)15(18(28)30-9-13-7-5-4-6-8-13)25-16(27)14(24-12(3)26)17(25)32-19(29)31-10-20(21,22)23/h4-8,14-15,17H,1,9-10H2,2-3H3,(H,24,26). The molecule has 32 heavy (non-hydrogen) atoms. The zero-order valence-electron chi connectivity index (χ0n) is 17.2. The third-order valence-corrected chi connectivity index (χ3v) is 5.58. The fourth-order valence-electron chi connectivity index (χ4n) is 2.87. The molecule has 1 aliphatic rings. The van der Waals surface area contributed by atoms with Crippen LogP contribution in [0.25, 0.3) is 0 Å². The number of hydrogen-bond acceptors (Lipinski definition) is 7. The Bertz CT molecular complexity index is 893. The first kappa shape index (κ1) is 26.3. The molecule has 1 fully saturated rings. The quantitative estimate of drug-likeness (QED) is 0.240. The fourth-order valence-corrected chi connectivity index (χ4v) is 4.02. The highest BCUT2D eigenvalue weighted by atomic mass is 35.6. The second kappa shape index (κ2) is 11.3. The van der Waals surface area contributed by atoms with Crippen molar-refractivity contribution < 1.29 is 28.7 Å². The molecule has 0 spiro atoms. The van der Waals surface area contributed by atoms with Crippen LogP contribution in [0.3, 0.4) is 0 Å². The molecule has 2 amide bonds. The maximum absolute atomic E-state index is 12.8. The number of thioether (sulfide) groups is 1. The lowest BCUT2D eigenvalue weighted by Gasteiger charge is -2.48. The van der Waals surface area contributed by atoms with Gasteiger partial charge in [-0.15, -0.1) is 0 Å². The maximum atomic E-state index is 12.8. The van der Waals surface area contributed by atoms with E-state index in [0.29, 0.717) is 17.3 Å². The molecule has 0 saturated carbocycles. The highest BCUT2D eigenvalue weighted by Crippen LogP contribution is 2.36. The number of nitrogens with zero attached hydrogens (tertiary/aromatic N) is 1. The van der Waals surface area contributed by atoms with Gasteiger partial charge in [-0.1, -0.05) is 71.7 Å². The van der Waals surface area contributed by atoms with E-state index in [-0.39, 0.29) is 6.61 Å². The van der Waals surface area contributed by atoms with E-state index in [4.69, 9.17) is 44.3 Å². The van der Waals surface area contributed by atoms with Gasteiger partial charge < -0.3 is 19.7 Å². The van der Waals surface area contributed by atoms with Crippen molar-refractivity contribution in [3.63, 3.8) is 0 Å². The predicted octanol–water partition coefficient (Wildman–Crippen LogP) is 3.59. The smallest absolute Gasteiger partial charge is 0.369 e. The highest BCUT2D eigenvalue weighted by molar-refractivity contribution is 8.13. The summed E-state index contributed by atoms with van der Waals surface area (Å²) in [7, 11) is 0. The molecule has 8 nitrogen and oxygen atoms in total. The third kappa shape index (κ3) is 7.30. The van der Waals surface area contributed by atoms with Crippen LogP contribution in [-0.4, -0.2) is 55.8 Å². The summed E-state index contributed by atoms with van der Waals surface area (Å²) < 4.78 is 8.44. The lowest BCUT2D eigenvalue weighted by Crippen LogP contribution is -2.73. The predicted molar refractivity (Wildman–Crippen MR) is 122 cm³/mol. The van der Waals surface area contributed by atoms with Crippen molar-refractivity contribution in [3.05, 3.63) is 48.0 Å². The van der Waals surface area contributed by atoms with Gasteiger partial charge in [-0.3, -0.25) is 9.59 Å². The van der Waals surface area contributed by atoms with Crippen molar-refractivity contribution in [2.75, 3.05) is 6.61 Å². The van der Waals surface area contributed by atoms with Crippen molar-refractivity contribution in [2.45, 2.75) is 41.7 Å². The average Bonchev–Trinajstić information content (AvgIpc) is 2.71. The van der Waals surface area contributed by atoms with E-state index < -0.39 is 50.9 Å². The number of hydrogen-bond donors (Lipinski definition) is 1. The van der Waals surface area contributed by atoms with Crippen molar-refractivity contribution in [1.82, 2.24) is 10.2 Å². The molecule has 174 valence electrons. The van der Waals surface area contributed by atoms with Gasteiger partial charge >= 0.3 is 11.3 Å². The van der Waals surface area contributed by atoms with Crippen molar-refractivity contribution >= 4 is 69.6 Å². The molecule has 1 aromatic carbocycles. The lowest BCUT2D eigenvalue weighted by atomic mass is 9.99. The molecule has 3 atom stereocenters. The van der Waals surface area contributed by atoms with Crippen LogP contribution in [0.15, 0.2) is 42.5 Å². The summed E-state index contributed by atoms with van der Waals surface area (Å²) in [5.41, 5.74) is 1.08. The van der Waals surface area contributed by atoms with E-state index in [9.17, 15) is 19.2 Å². The Balaban J connectivity index is 2.16. The molecule has 0 bridgehead atoms. The van der Waals surface area contributed by atoms with Gasteiger partial charge in [0, 0.05) is 6.92 Å². The number of alkyl halides is 3. The number of halogens is 3. The summed E-state index contributed by atoms with van der Waals surface area (Å²) in [4.78, 5) is 50.4. The van der Waals surface area contributed by atoms with Crippen LogP contribution >= 0.6 is 46.6 Å². The molecule has 2 rings (SSSR count). The number of carbonyl (C=O) groups excluding carboxylic acids is 4. The van der Waals surface area contributed by atoms with Crippen LogP contribution in [0.1, 0.15) is 19.4 Å². The van der Waals surface area contributed by atoms with Gasteiger partial charge in [-0.25, -0.2) is 9.59 Å². The number of ether oxygens (including phenoxy) is 2. The second-order valence-corrected chi connectivity index (χ2v) is 10.5. The largest absolute Gasteiger partial charge is 0.459 e. The van der Waals surface area contributed by atoms with Crippen LogP contribution in [0.2, 0.25) is 0 Å². The Morgan fingerprint density at radius 2 is 1.81 bits per heavy atom. The molecule has 0 radical (unpaired) electrons. The minimum atomic E-state index is -1.82. The first-order valence-electron chi connectivity index (χ1n) is 9.26. The normalized spacial score (nSPS) is 18.9. The van der Waals surface area contributed by atoms with E-state index in [1.807, 2.05) is 6.07 Å². The Hall–Kier alpha value is -1.94. The topological polar surface area (TPSA) is 102 Å². The first-order valence-corrected chi connectivity index (χ1v) is 11.3. The minimum absolute atomic E-state index is 0.0102. The van der Waals surface area contributed by atoms with Crippen molar-refractivity contribution in [1.29, 1.82) is 0 Å². The van der Waals surface area contributed by atoms with E-state index in [1.54, 1.807) is 31.2 Å². The number of rotatable bonds is 8. The summed E-state index contributed by atoms with van der Waals surface area (Å²) in [5.74, 6) is -1.78. The van der Waals surface area contributed by atoms with Crippen LogP contribution in [0, 0.1) is 0 Å². The third-order valence-electron chi connectivity index (χ3n) is 4.20. The van der Waals surface area contributed by atoms with Crippen molar-refractivity contribution in [2.24, 2.45) is 0 Å². The maximum Gasteiger partial charge on any atom is 0.369 e. The zero-order chi connectivity index (χ0) is 24.1. The molecule has 12 heteroatoms. The number of benzene rings is 1. The van der Waals surface area contributed by atoms with Crippen LogP contribution < -0.4 is 5.32 Å². The number of nitrogens with one attached hydrogen (secondary N) is 1. The summed E-state index contributed by atoms with van der Waals surface area (Å²) in [6.45, 7) is 6.03. The van der Waals surface area contributed by atoms with Gasteiger partial charge in [0.15, 0.2) is 6.04 Å². The molecule has 3 unspecified atom stereocenters. The monoisotopic (exact) mass is 522 g/mol. The first-order chi connectivity index (χ1) is 14.9. The molecular formula is C20H21Cl3N2O6S.